The molecular formula is C15H15BrO2. The lowest BCUT2D eigenvalue weighted by molar-refractivity contribution is 0.199. The van der Waals surface area contributed by atoms with E-state index in [2.05, 4.69) is 15.9 Å². The summed E-state index contributed by atoms with van der Waals surface area (Å²) in [4.78, 5) is 0. The Morgan fingerprint density at radius 1 is 1.11 bits per heavy atom. The van der Waals surface area contributed by atoms with E-state index in [-0.39, 0.29) is 0 Å². The Labute approximate surface area is 115 Å². The van der Waals surface area contributed by atoms with Gasteiger partial charge in [0.2, 0.25) is 0 Å². The number of aliphatic hydroxyl groups excluding tert-OH is 1. The number of rotatable bonds is 3. The van der Waals surface area contributed by atoms with Crippen molar-refractivity contribution < 1.29 is 9.84 Å². The van der Waals surface area contributed by atoms with Crippen molar-refractivity contribution in [2.75, 3.05) is 0 Å². The Hall–Kier alpha value is -1.32. The number of hydrogen-bond donors (Lipinski definition) is 1. The van der Waals surface area contributed by atoms with Crippen molar-refractivity contribution in [3.05, 3.63) is 58.1 Å². The van der Waals surface area contributed by atoms with Gasteiger partial charge in [-0.1, -0.05) is 24.3 Å². The van der Waals surface area contributed by atoms with Gasteiger partial charge in [0, 0.05) is 0 Å². The van der Waals surface area contributed by atoms with Crippen LogP contribution in [0, 0.1) is 6.92 Å². The second-order valence-corrected chi connectivity index (χ2v) is 5.09. The first-order valence-corrected chi connectivity index (χ1v) is 6.58. The Bertz CT molecular complexity index is 550. The first kappa shape index (κ1) is 13.1. The summed E-state index contributed by atoms with van der Waals surface area (Å²) in [6, 6.07) is 13.5. The highest BCUT2D eigenvalue weighted by molar-refractivity contribution is 9.10. The standard InChI is InChI=1S/C15H15BrO2/c1-10-5-3-4-6-14(10)18-15-8-7-12(11(2)17)9-13(15)16/h3-9,11,17H,1-2H3. The normalized spacial score (nSPS) is 12.2. The number of aryl methyl sites for hydroxylation is 1. The van der Waals surface area contributed by atoms with Crippen LogP contribution in [-0.2, 0) is 0 Å². The lowest BCUT2D eigenvalue weighted by Gasteiger charge is -2.12. The summed E-state index contributed by atoms with van der Waals surface area (Å²) in [6.07, 6.45) is -0.478. The van der Waals surface area contributed by atoms with Gasteiger partial charge in [0.25, 0.3) is 0 Å². The molecule has 1 N–H and O–H groups in total. The van der Waals surface area contributed by atoms with E-state index in [4.69, 9.17) is 4.74 Å². The molecule has 1 atom stereocenters. The molecule has 0 saturated heterocycles. The molecule has 0 saturated carbocycles. The van der Waals surface area contributed by atoms with E-state index in [9.17, 15) is 5.11 Å². The van der Waals surface area contributed by atoms with Gasteiger partial charge < -0.3 is 9.84 Å². The first-order valence-electron chi connectivity index (χ1n) is 5.79. The molecule has 0 amide bonds. The predicted molar refractivity (Wildman–Crippen MR) is 76.0 cm³/mol. The summed E-state index contributed by atoms with van der Waals surface area (Å²) in [5, 5.41) is 9.51. The maximum absolute atomic E-state index is 9.51. The summed E-state index contributed by atoms with van der Waals surface area (Å²) < 4.78 is 6.68. The molecule has 0 aromatic heterocycles. The zero-order chi connectivity index (χ0) is 13.1. The molecule has 1 unspecified atom stereocenters. The highest BCUT2D eigenvalue weighted by Crippen LogP contribution is 2.33. The molecular weight excluding hydrogens is 292 g/mol. The van der Waals surface area contributed by atoms with Crippen LogP contribution in [0.4, 0.5) is 0 Å². The van der Waals surface area contributed by atoms with Crippen molar-refractivity contribution in [2.24, 2.45) is 0 Å². The minimum absolute atomic E-state index is 0.478. The van der Waals surface area contributed by atoms with Gasteiger partial charge in [0.15, 0.2) is 0 Å². The van der Waals surface area contributed by atoms with Gasteiger partial charge in [-0.25, -0.2) is 0 Å². The van der Waals surface area contributed by atoms with Gasteiger partial charge in [0.1, 0.15) is 11.5 Å². The Balaban J connectivity index is 2.28. The van der Waals surface area contributed by atoms with E-state index < -0.39 is 6.10 Å². The molecule has 0 spiro atoms. The molecule has 94 valence electrons. The van der Waals surface area contributed by atoms with Crippen molar-refractivity contribution in [3.8, 4) is 11.5 Å². The zero-order valence-corrected chi connectivity index (χ0v) is 11.9. The first-order chi connectivity index (χ1) is 8.58. The largest absolute Gasteiger partial charge is 0.456 e. The van der Waals surface area contributed by atoms with Crippen LogP contribution in [0.3, 0.4) is 0 Å². The lowest BCUT2D eigenvalue weighted by Crippen LogP contribution is -1.93. The van der Waals surface area contributed by atoms with E-state index in [0.717, 1.165) is 27.1 Å². The molecule has 0 heterocycles. The maximum Gasteiger partial charge on any atom is 0.141 e. The Morgan fingerprint density at radius 2 is 1.83 bits per heavy atom. The third-order valence-electron chi connectivity index (χ3n) is 2.75. The fourth-order valence-corrected chi connectivity index (χ4v) is 2.13. The highest BCUT2D eigenvalue weighted by atomic mass is 79.9. The van der Waals surface area contributed by atoms with E-state index in [1.165, 1.54) is 0 Å². The van der Waals surface area contributed by atoms with Crippen LogP contribution in [0.15, 0.2) is 46.9 Å². The minimum Gasteiger partial charge on any atom is -0.456 e. The van der Waals surface area contributed by atoms with E-state index in [1.807, 2.05) is 49.4 Å². The number of hydrogen-bond acceptors (Lipinski definition) is 2. The predicted octanol–water partition coefficient (Wildman–Crippen LogP) is 4.60. The molecule has 3 heteroatoms. The lowest BCUT2D eigenvalue weighted by atomic mass is 10.1. The number of aliphatic hydroxyl groups is 1. The van der Waals surface area contributed by atoms with E-state index in [0.29, 0.717) is 0 Å². The van der Waals surface area contributed by atoms with Crippen LogP contribution in [0.25, 0.3) is 0 Å². The summed E-state index contributed by atoms with van der Waals surface area (Å²) in [6.45, 7) is 3.75. The topological polar surface area (TPSA) is 29.5 Å². The monoisotopic (exact) mass is 306 g/mol. The number of halogens is 1. The van der Waals surface area contributed by atoms with Crippen LogP contribution in [0.2, 0.25) is 0 Å². The SMILES string of the molecule is Cc1ccccc1Oc1ccc(C(C)O)cc1Br. The molecule has 0 aliphatic heterocycles. The van der Waals surface area contributed by atoms with Crippen LogP contribution in [-0.4, -0.2) is 5.11 Å². The van der Waals surface area contributed by atoms with Crippen molar-refractivity contribution in [2.45, 2.75) is 20.0 Å². The average molecular weight is 307 g/mol. The van der Waals surface area contributed by atoms with Crippen molar-refractivity contribution in [1.82, 2.24) is 0 Å². The molecule has 0 radical (unpaired) electrons. The number of ether oxygens (including phenoxy) is 1. The molecule has 2 aromatic carbocycles. The van der Waals surface area contributed by atoms with Gasteiger partial charge in [0.05, 0.1) is 10.6 Å². The van der Waals surface area contributed by atoms with Crippen LogP contribution in [0.5, 0.6) is 11.5 Å². The highest BCUT2D eigenvalue weighted by Gasteiger charge is 2.08. The molecule has 2 rings (SSSR count). The quantitative estimate of drug-likeness (QED) is 0.897. The van der Waals surface area contributed by atoms with Crippen molar-refractivity contribution in [3.63, 3.8) is 0 Å². The third kappa shape index (κ3) is 2.92. The van der Waals surface area contributed by atoms with Gasteiger partial charge in [-0.15, -0.1) is 0 Å². The number of para-hydroxylation sites is 1. The molecule has 0 bridgehead atoms. The molecule has 0 fully saturated rings. The van der Waals surface area contributed by atoms with Gasteiger partial charge >= 0.3 is 0 Å². The van der Waals surface area contributed by atoms with Crippen LogP contribution in [0.1, 0.15) is 24.2 Å². The summed E-state index contributed by atoms with van der Waals surface area (Å²) in [7, 11) is 0. The smallest absolute Gasteiger partial charge is 0.141 e. The molecule has 0 aliphatic carbocycles. The molecule has 0 aliphatic rings. The fourth-order valence-electron chi connectivity index (χ4n) is 1.65. The van der Waals surface area contributed by atoms with Crippen LogP contribution < -0.4 is 4.74 Å². The van der Waals surface area contributed by atoms with Gasteiger partial charge in [-0.3, -0.25) is 0 Å². The van der Waals surface area contributed by atoms with Gasteiger partial charge in [-0.05, 0) is 59.1 Å². The van der Waals surface area contributed by atoms with Crippen molar-refractivity contribution in [1.29, 1.82) is 0 Å². The van der Waals surface area contributed by atoms with E-state index in [1.54, 1.807) is 6.92 Å². The molecule has 18 heavy (non-hydrogen) atoms. The Kier molecular flexibility index (Phi) is 4.04. The minimum atomic E-state index is -0.478. The second kappa shape index (κ2) is 5.55. The molecule has 2 aromatic rings. The summed E-state index contributed by atoms with van der Waals surface area (Å²) in [5.74, 6) is 1.58. The fraction of sp³-hybridized carbons (Fsp3) is 0.200. The van der Waals surface area contributed by atoms with Gasteiger partial charge in [-0.2, -0.15) is 0 Å². The Morgan fingerprint density at radius 3 is 2.44 bits per heavy atom. The third-order valence-corrected chi connectivity index (χ3v) is 3.37. The second-order valence-electron chi connectivity index (χ2n) is 4.23. The van der Waals surface area contributed by atoms with Crippen molar-refractivity contribution >= 4 is 15.9 Å². The van der Waals surface area contributed by atoms with E-state index >= 15 is 0 Å². The summed E-state index contributed by atoms with van der Waals surface area (Å²) >= 11 is 3.46. The average Bonchev–Trinajstić information content (AvgIpc) is 2.34. The maximum atomic E-state index is 9.51. The molecule has 2 nitrogen and oxygen atoms in total. The zero-order valence-electron chi connectivity index (χ0n) is 10.4. The summed E-state index contributed by atoms with van der Waals surface area (Å²) in [5.41, 5.74) is 1.95. The number of benzene rings is 2. The van der Waals surface area contributed by atoms with Crippen LogP contribution >= 0.6 is 15.9 Å².